The van der Waals surface area contributed by atoms with Crippen molar-refractivity contribution in [2.45, 2.75) is 27.7 Å². The minimum absolute atomic E-state index is 0.301. The van der Waals surface area contributed by atoms with E-state index in [9.17, 15) is 0 Å². The number of nitrogens with zero attached hydrogens (tertiary/aromatic N) is 2. The fourth-order valence-corrected chi connectivity index (χ4v) is 1.37. The highest BCUT2D eigenvalue weighted by Gasteiger charge is 2.09. The first-order chi connectivity index (χ1) is 7.90. The molecule has 0 fully saturated rings. The number of hydrogen-bond donors (Lipinski definition) is 2. The zero-order valence-corrected chi connectivity index (χ0v) is 11.6. The van der Waals surface area contributed by atoms with E-state index >= 15 is 0 Å². The molecule has 0 saturated heterocycles. The molecule has 5 heteroatoms. The van der Waals surface area contributed by atoms with Crippen LogP contribution < -0.4 is 11.1 Å². The molecule has 0 aromatic carbocycles. The van der Waals surface area contributed by atoms with Crippen LogP contribution in [0.1, 0.15) is 32.2 Å². The Morgan fingerprint density at radius 2 is 2.06 bits per heavy atom. The number of anilines is 1. The molecule has 1 aromatic rings. The van der Waals surface area contributed by atoms with Gasteiger partial charge in [0, 0.05) is 12.2 Å². The van der Waals surface area contributed by atoms with E-state index in [1.165, 1.54) is 0 Å². The summed E-state index contributed by atoms with van der Waals surface area (Å²) in [6.45, 7) is 9.34. The summed E-state index contributed by atoms with van der Waals surface area (Å²) in [6.07, 6.45) is 0. The van der Waals surface area contributed by atoms with Crippen molar-refractivity contribution >= 4 is 23.2 Å². The Morgan fingerprint density at radius 3 is 2.59 bits per heavy atom. The number of thiocarbonyl (C=S) groups is 1. The highest BCUT2D eigenvalue weighted by Crippen LogP contribution is 2.11. The van der Waals surface area contributed by atoms with Crippen LogP contribution >= 0.6 is 12.2 Å². The Bertz CT molecular complexity index is 403. The standard InChI is InChI=1S/C12H20N4S/c1-7(2)8(3)6-14-12-15-9(4)5-10(16-12)11(13)17/h5,7-8H,6H2,1-4H3,(H2,13,17)(H,14,15,16). The molecule has 94 valence electrons. The summed E-state index contributed by atoms with van der Waals surface area (Å²) in [7, 11) is 0. The van der Waals surface area contributed by atoms with Crippen molar-refractivity contribution < 1.29 is 0 Å². The molecular formula is C12H20N4S. The molecule has 1 atom stereocenters. The number of aryl methyl sites for hydroxylation is 1. The molecule has 0 aliphatic heterocycles. The molecule has 0 radical (unpaired) electrons. The van der Waals surface area contributed by atoms with Crippen LogP contribution in [0.4, 0.5) is 5.95 Å². The average molecular weight is 252 g/mol. The number of nitrogens with two attached hydrogens (primary N) is 1. The van der Waals surface area contributed by atoms with Crippen molar-refractivity contribution in [3.63, 3.8) is 0 Å². The van der Waals surface area contributed by atoms with Gasteiger partial charge in [-0.05, 0) is 24.8 Å². The fourth-order valence-electron chi connectivity index (χ4n) is 1.26. The lowest BCUT2D eigenvalue weighted by atomic mass is 9.98. The quantitative estimate of drug-likeness (QED) is 0.786. The molecule has 0 aliphatic rings. The van der Waals surface area contributed by atoms with Gasteiger partial charge < -0.3 is 11.1 Å². The lowest BCUT2D eigenvalue weighted by molar-refractivity contribution is 0.439. The zero-order valence-electron chi connectivity index (χ0n) is 10.8. The van der Waals surface area contributed by atoms with E-state index < -0.39 is 0 Å². The van der Waals surface area contributed by atoms with Crippen molar-refractivity contribution in [1.82, 2.24) is 9.97 Å². The molecule has 0 saturated carbocycles. The van der Waals surface area contributed by atoms with Gasteiger partial charge >= 0.3 is 0 Å². The van der Waals surface area contributed by atoms with E-state index in [0.29, 0.717) is 28.5 Å². The topological polar surface area (TPSA) is 63.8 Å². The van der Waals surface area contributed by atoms with Gasteiger partial charge in [-0.25, -0.2) is 9.97 Å². The van der Waals surface area contributed by atoms with Gasteiger partial charge in [0.2, 0.25) is 5.95 Å². The smallest absolute Gasteiger partial charge is 0.223 e. The van der Waals surface area contributed by atoms with Gasteiger partial charge in [0.05, 0.1) is 0 Å². The number of hydrogen-bond acceptors (Lipinski definition) is 4. The first kappa shape index (κ1) is 13.8. The number of rotatable bonds is 5. The highest BCUT2D eigenvalue weighted by molar-refractivity contribution is 7.80. The van der Waals surface area contributed by atoms with Crippen LogP contribution in [0.25, 0.3) is 0 Å². The summed E-state index contributed by atoms with van der Waals surface area (Å²) in [5.41, 5.74) is 7.05. The van der Waals surface area contributed by atoms with Gasteiger partial charge in [-0.2, -0.15) is 0 Å². The van der Waals surface area contributed by atoms with Crippen molar-refractivity contribution in [2.24, 2.45) is 17.6 Å². The summed E-state index contributed by atoms with van der Waals surface area (Å²) in [5.74, 6) is 1.79. The van der Waals surface area contributed by atoms with E-state index in [-0.39, 0.29) is 0 Å². The number of nitrogens with one attached hydrogen (secondary N) is 1. The largest absolute Gasteiger partial charge is 0.388 e. The molecule has 1 heterocycles. The lowest BCUT2D eigenvalue weighted by Gasteiger charge is -2.16. The third-order valence-electron chi connectivity index (χ3n) is 2.83. The average Bonchev–Trinajstić information content (AvgIpc) is 2.24. The Morgan fingerprint density at radius 1 is 1.41 bits per heavy atom. The molecule has 0 spiro atoms. The van der Waals surface area contributed by atoms with Crippen LogP contribution in [-0.2, 0) is 0 Å². The van der Waals surface area contributed by atoms with Crippen molar-refractivity contribution in [3.8, 4) is 0 Å². The maximum atomic E-state index is 5.57. The van der Waals surface area contributed by atoms with Gasteiger partial charge in [0.15, 0.2) is 0 Å². The number of aromatic nitrogens is 2. The summed E-state index contributed by atoms with van der Waals surface area (Å²) in [6, 6.07) is 1.79. The Labute approximate surface area is 108 Å². The van der Waals surface area contributed by atoms with E-state index in [1.807, 2.05) is 6.92 Å². The van der Waals surface area contributed by atoms with Crippen LogP contribution in [0.5, 0.6) is 0 Å². The Kier molecular flexibility index (Phi) is 4.81. The first-order valence-electron chi connectivity index (χ1n) is 5.79. The second-order valence-corrected chi connectivity index (χ2v) is 5.12. The minimum Gasteiger partial charge on any atom is -0.388 e. The zero-order chi connectivity index (χ0) is 13.0. The van der Waals surface area contributed by atoms with Gasteiger partial charge in [0.1, 0.15) is 10.7 Å². The third-order valence-corrected chi connectivity index (χ3v) is 3.04. The normalized spacial score (nSPS) is 12.5. The maximum Gasteiger partial charge on any atom is 0.223 e. The minimum atomic E-state index is 0.301. The molecule has 1 aromatic heterocycles. The van der Waals surface area contributed by atoms with E-state index in [2.05, 4.69) is 36.1 Å². The van der Waals surface area contributed by atoms with Crippen molar-refractivity contribution in [1.29, 1.82) is 0 Å². The molecule has 3 N–H and O–H groups in total. The van der Waals surface area contributed by atoms with Crippen LogP contribution in [0.2, 0.25) is 0 Å². The predicted octanol–water partition coefficient (Wildman–Crippen LogP) is 2.12. The van der Waals surface area contributed by atoms with Gasteiger partial charge in [-0.1, -0.05) is 33.0 Å². The van der Waals surface area contributed by atoms with Gasteiger partial charge in [-0.15, -0.1) is 0 Å². The summed E-state index contributed by atoms with van der Waals surface area (Å²) in [5, 5.41) is 3.22. The molecular weight excluding hydrogens is 232 g/mol. The Balaban J connectivity index is 2.74. The molecule has 0 amide bonds. The van der Waals surface area contributed by atoms with Crippen LogP contribution in [0.15, 0.2) is 6.07 Å². The summed E-state index contributed by atoms with van der Waals surface area (Å²) < 4.78 is 0. The molecule has 0 bridgehead atoms. The van der Waals surface area contributed by atoms with Crippen LogP contribution in [0.3, 0.4) is 0 Å². The van der Waals surface area contributed by atoms with E-state index in [0.717, 1.165) is 12.2 Å². The van der Waals surface area contributed by atoms with E-state index in [1.54, 1.807) is 6.07 Å². The summed E-state index contributed by atoms with van der Waals surface area (Å²) in [4.78, 5) is 8.89. The van der Waals surface area contributed by atoms with Gasteiger partial charge in [-0.3, -0.25) is 0 Å². The van der Waals surface area contributed by atoms with Crippen molar-refractivity contribution in [3.05, 3.63) is 17.5 Å². The molecule has 4 nitrogen and oxygen atoms in total. The molecule has 1 unspecified atom stereocenters. The predicted molar refractivity (Wildman–Crippen MR) is 75.1 cm³/mol. The molecule has 0 aliphatic carbocycles. The Hall–Kier alpha value is -1.23. The van der Waals surface area contributed by atoms with Gasteiger partial charge in [0.25, 0.3) is 0 Å². The second-order valence-electron chi connectivity index (χ2n) is 4.68. The first-order valence-corrected chi connectivity index (χ1v) is 6.20. The molecule has 1 rings (SSSR count). The van der Waals surface area contributed by atoms with Crippen molar-refractivity contribution in [2.75, 3.05) is 11.9 Å². The lowest BCUT2D eigenvalue weighted by Crippen LogP contribution is -2.19. The monoisotopic (exact) mass is 252 g/mol. The van der Waals surface area contributed by atoms with Crippen LogP contribution in [-0.4, -0.2) is 21.5 Å². The summed E-state index contributed by atoms with van der Waals surface area (Å²) >= 11 is 4.92. The maximum absolute atomic E-state index is 5.57. The van der Waals surface area contributed by atoms with E-state index in [4.69, 9.17) is 18.0 Å². The third kappa shape index (κ3) is 4.26. The second kappa shape index (κ2) is 5.91. The molecule has 17 heavy (non-hydrogen) atoms. The highest BCUT2D eigenvalue weighted by atomic mass is 32.1. The SMILES string of the molecule is Cc1cc(C(N)=S)nc(NCC(C)C(C)C)n1. The van der Waals surface area contributed by atoms with Crippen LogP contribution in [0, 0.1) is 18.8 Å². The fraction of sp³-hybridized carbons (Fsp3) is 0.583.